The molecule has 1 saturated carbocycles. The van der Waals surface area contributed by atoms with Gasteiger partial charge in [0.15, 0.2) is 0 Å². The second kappa shape index (κ2) is 5.16. The van der Waals surface area contributed by atoms with E-state index in [4.69, 9.17) is 16.2 Å². The molecule has 0 aliphatic heterocycles. The lowest BCUT2D eigenvalue weighted by atomic mass is 9.82. The van der Waals surface area contributed by atoms with Crippen molar-refractivity contribution in [1.82, 2.24) is 0 Å². The molecule has 2 atom stereocenters. The molecule has 2 rings (SSSR count). The summed E-state index contributed by atoms with van der Waals surface area (Å²) in [5.74, 6) is 0.441. The monoisotopic (exact) mass is 243 g/mol. The third-order valence-electron chi connectivity index (χ3n) is 3.63. The Morgan fingerprint density at radius 2 is 1.78 bits per heavy atom. The van der Waals surface area contributed by atoms with E-state index in [-0.39, 0.29) is 17.1 Å². The molecule has 0 N–H and O–H groups in total. The van der Waals surface area contributed by atoms with Gasteiger partial charge in [0.1, 0.15) is 0 Å². The second-order valence-corrected chi connectivity index (χ2v) is 5.54. The third kappa shape index (κ3) is 2.50. The Hall–Kier alpha value is -1.91. The van der Waals surface area contributed by atoms with E-state index in [2.05, 4.69) is 49.9 Å². The maximum atomic E-state index is 8.12. The first-order valence-corrected chi connectivity index (χ1v) is 5.86. The first kappa shape index (κ1) is 14.2. The maximum absolute atomic E-state index is 8.12. The Morgan fingerprint density at radius 1 is 1.28 bits per heavy atom. The minimum Gasteiger partial charge on any atom is -0.309 e. The van der Waals surface area contributed by atoms with E-state index in [0.29, 0.717) is 5.92 Å². The van der Waals surface area contributed by atoms with Gasteiger partial charge in [-0.2, -0.15) is 9.59 Å². The largest absolute Gasteiger partial charge is 0.373 e. The molecule has 1 fully saturated rings. The highest BCUT2D eigenvalue weighted by atomic mass is 16.2. The van der Waals surface area contributed by atoms with Crippen LogP contribution in [0.4, 0.5) is 0 Å². The van der Waals surface area contributed by atoms with Gasteiger partial charge in [-0.3, -0.25) is 0 Å². The topological polar surface area (TPSA) is 38.5 Å². The standard InChI is InChI=1S/C14H17N.CO2/c1-13(2,3)14(15-4)10-12(14)11-8-6-5-7-9-11;2-1-3/h5-9,12H,10H2,1-3H3;/t12-,14-;/m0./s1. The number of benzene rings is 1. The molecular formula is C15H17NO2. The number of hydrogen-bond acceptors (Lipinski definition) is 2. The molecule has 94 valence electrons. The fourth-order valence-electron chi connectivity index (χ4n) is 2.45. The van der Waals surface area contributed by atoms with Crippen molar-refractivity contribution in [2.75, 3.05) is 0 Å². The van der Waals surface area contributed by atoms with Gasteiger partial charge in [-0.15, -0.1) is 0 Å². The zero-order chi connectivity index (χ0) is 13.8. The predicted molar refractivity (Wildman–Crippen MR) is 67.6 cm³/mol. The molecule has 0 aromatic heterocycles. The van der Waals surface area contributed by atoms with E-state index in [9.17, 15) is 0 Å². The number of carbonyl (C=O) groups excluding carboxylic acids is 2. The highest BCUT2D eigenvalue weighted by Gasteiger charge is 2.69. The summed E-state index contributed by atoms with van der Waals surface area (Å²) >= 11 is 0. The lowest BCUT2D eigenvalue weighted by Gasteiger charge is -2.21. The van der Waals surface area contributed by atoms with Crippen LogP contribution >= 0.6 is 0 Å². The van der Waals surface area contributed by atoms with Crippen LogP contribution in [-0.4, -0.2) is 11.7 Å². The van der Waals surface area contributed by atoms with Crippen LogP contribution in [0.2, 0.25) is 0 Å². The summed E-state index contributed by atoms with van der Waals surface area (Å²) in [6.07, 6.45) is 1.27. The zero-order valence-corrected chi connectivity index (χ0v) is 10.9. The van der Waals surface area contributed by atoms with Gasteiger partial charge in [0.25, 0.3) is 0 Å². The third-order valence-corrected chi connectivity index (χ3v) is 3.63. The van der Waals surface area contributed by atoms with Crippen LogP contribution in [0.5, 0.6) is 0 Å². The molecule has 18 heavy (non-hydrogen) atoms. The Balaban J connectivity index is 0.000000492. The van der Waals surface area contributed by atoms with Gasteiger partial charge < -0.3 is 4.85 Å². The highest BCUT2D eigenvalue weighted by Crippen LogP contribution is 2.63. The second-order valence-electron chi connectivity index (χ2n) is 5.54. The van der Waals surface area contributed by atoms with Crippen LogP contribution in [-0.2, 0) is 9.59 Å². The zero-order valence-electron chi connectivity index (χ0n) is 10.9. The van der Waals surface area contributed by atoms with Gasteiger partial charge in [0, 0.05) is 11.8 Å². The molecule has 1 aliphatic carbocycles. The molecule has 0 unspecified atom stereocenters. The van der Waals surface area contributed by atoms with Crippen molar-refractivity contribution in [2.45, 2.75) is 38.6 Å². The van der Waals surface area contributed by atoms with Gasteiger partial charge in [-0.1, -0.05) is 51.1 Å². The van der Waals surface area contributed by atoms with Gasteiger partial charge in [0.2, 0.25) is 5.54 Å². The molecule has 3 nitrogen and oxygen atoms in total. The van der Waals surface area contributed by atoms with Crippen molar-refractivity contribution in [3.63, 3.8) is 0 Å². The molecule has 0 bridgehead atoms. The van der Waals surface area contributed by atoms with Gasteiger partial charge in [0.05, 0.1) is 5.92 Å². The molecule has 1 aromatic rings. The highest BCUT2D eigenvalue weighted by molar-refractivity contribution is 5.39. The molecule has 0 amide bonds. The van der Waals surface area contributed by atoms with Crippen LogP contribution in [0.3, 0.4) is 0 Å². The van der Waals surface area contributed by atoms with Crippen LogP contribution < -0.4 is 0 Å². The Kier molecular flexibility index (Phi) is 4.06. The smallest absolute Gasteiger partial charge is 0.309 e. The Bertz CT molecular complexity index is 475. The van der Waals surface area contributed by atoms with Crippen molar-refractivity contribution in [1.29, 1.82) is 0 Å². The summed E-state index contributed by atoms with van der Waals surface area (Å²) in [7, 11) is 0. The van der Waals surface area contributed by atoms with Crippen molar-refractivity contribution in [3.05, 3.63) is 47.3 Å². The lowest BCUT2D eigenvalue weighted by Crippen LogP contribution is -2.26. The van der Waals surface area contributed by atoms with Crippen LogP contribution in [0.1, 0.15) is 38.7 Å². The molecule has 1 aromatic carbocycles. The summed E-state index contributed by atoms with van der Waals surface area (Å²) in [5, 5.41) is 0. The van der Waals surface area contributed by atoms with Gasteiger partial charge in [-0.05, 0) is 5.56 Å². The van der Waals surface area contributed by atoms with Gasteiger partial charge in [-0.25, -0.2) is 6.57 Å². The molecular weight excluding hydrogens is 226 g/mol. The van der Waals surface area contributed by atoms with Crippen LogP contribution in [0.25, 0.3) is 4.85 Å². The normalized spacial score (nSPS) is 25.1. The van der Waals surface area contributed by atoms with Crippen LogP contribution in [0.15, 0.2) is 30.3 Å². The summed E-state index contributed by atoms with van der Waals surface area (Å²) in [6, 6.07) is 10.4. The van der Waals surface area contributed by atoms with E-state index < -0.39 is 0 Å². The minimum absolute atomic E-state index is 0.0786. The van der Waals surface area contributed by atoms with Crippen LogP contribution in [0, 0.1) is 12.0 Å². The first-order chi connectivity index (χ1) is 8.43. The average molecular weight is 243 g/mol. The molecule has 0 spiro atoms. The SMILES string of the molecule is O=C=O.[C-]#[N+][C@@]1(C(C)(C)C)C[C@H]1c1ccccc1. The summed E-state index contributed by atoms with van der Waals surface area (Å²) < 4.78 is 0. The van der Waals surface area contributed by atoms with Crippen molar-refractivity contribution >= 4 is 6.15 Å². The van der Waals surface area contributed by atoms with E-state index in [1.165, 1.54) is 5.56 Å². The molecule has 0 saturated heterocycles. The predicted octanol–water partition coefficient (Wildman–Crippen LogP) is 3.29. The average Bonchev–Trinajstić information content (AvgIpc) is 3.06. The summed E-state index contributed by atoms with van der Waals surface area (Å²) in [5.41, 5.74) is 1.24. The fourth-order valence-corrected chi connectivity index (χ4v) is 2.45. The van der Waals surface area contributed by atoms with Crippen molar-refractivity contribution in [3.8, 4) is 0 Å². The van der Waals surface area contributed by atoms with E-state index in [1.54, 1.807) is 0 Å². The van der Waals surface area contributed by atoms with E-state index >= 15 is 0 Å². The number of hydrogen-bond donors (Lipinski definition) is 0. The lowest BCUT2D eigenvalue weighted by molar-refractivity contribution is -0.191. The van der Waals surface area contributed by atoms with E-state index in [1.807, 2.05) is 6.07 Å². The number of nitrogens with zero attached hydrogens (tertiary/aromatic N) is 1. The Labute approximate surface area is 108 Å². The first-order valence-electron chi connectivity index (χ1n) is 5.86. The maximum Gasteiger partial charge on any atom is 0.373 e. The molecule has 3 heteroatoms. The summed E-state index contributed by atoms with van der Waals surface area (Å²) in [4.78, 5) is 20.2. The van der Waals surface area contributed by atoms with Gasteiger partial charge >= 0.3 is 6.15 Å². The molecule has 1 aliphatic rings. The Morgan fingerprint density at radius 3 is 2.11 bits per heavy atom. The minimum atomic E-state index is -0.158. The van der Waals surface area contributed by atoms with E-state index in [0.717, 1.165) is 6.42 Å². The molecule has 0 heterocycles. The van der Waals surface area contributed by atoms with Crippen molar-refractivity contribution in [2.24, 2.45) is 5.41 Å². The number of rotatable bonds is 1. The fraction of sp³-hybridized carbons (Fsp3) is 0.467. The quantitative estimate of drug-likeness (QED) is 0.710. The summed E-state index contributed by atoms with van der Waals surface area (Å²) in [6.45, 7) is 14.0. The molecule has 0 radical (unpaired) electrons. The van der Waals surface area contributed by atoms with Crippen molar-refractivity contribution < 1.29 is 9.59 Å².